The minimum absolute atomic E-state index is 0.0206. The van der Waals surface area contributed by atoms with Gasteiger partial charge in [0.05, 0.1) is 6.61 Å². The first-order valence-electron chi connectivity index (χ1n) is 2.45. The maximum Gasteiger partial charge on any atom is 0.164 e. The summed E-state index contributed by atoms with van der Waals surface area (Å²) < 4.78 is 0. The van der Waals surface area contributed by atoms with Gasteiger partial charge in [0.2, 0.25) is 0 Å². The summed E-state index contributed by atoms with van der Waals surface area (Å²) >= 11 is 0. The van der Waals surface area contributed by atoms with Crippen molar-refractivity contribution in [1.29, 1.82) is 0 Å². The van der Waals surface area contributed by atoms with Crippen molar-refractivity contribution in [2.24, 2.45) is 0 Å². The Morgan fingerprint density at radius 1 is 1.38 bits per heavy atom. The van der Waals surface area contributed by atoms with E-state index in [4.69, 9.17) is 15.3 Å². The Kier molecular flexibility index (Phi) is 4.89. The standard InChI is InChI=1S/C4H11NO3/c6-2-1-5-3-4(7)8/h4-8H,1-3H2. The van der Waals surface area contributed by atoms with Crippen LogP contribution in [0.25, 0.3) is 0 Å². The maximum atomic E-state index is 8.19. The minimum atomic E-state index is -1.32. The third-order valence-corrected chi connectivity index (χ3v) is 0.615. The second-order valence-corrected chi connectivity index (χ2v) is 1.41. The summed E-state index contributed by atoms with van der Waals surface area (Å²) in [6, 6.07) is 0. The molecule has 0 spiro atoms. The molecule has 8 heavy (non-hydrogen) atoms. The average molecular weight is 121 g/mol. The van der Waals surface area contributed by atoms with Crippen LogP contribution in [-0.4, -0.2) is 41.3 Å². The van der Waals surface area contributed by atoms with Crippen molar-refractivity contribution in [2.75, 3.05) is 19.7 Å². The van der Waals surface area contributed by atoms with Crippen LogP contribution >= 0.6 is 0 Å². The number of hydrogen-bond acceptors (Lipinski definition) is 4. The highest BCUT2D eigenvalue weighted by atomic mass is 16.5. The predicted octanol–water partition coefficient (Wildman–Crippen LogP) is -2.12. The van der Waals surface area contributed by atoms with Gasteiger partial charge in [0.1, 0.15) is 0 Å². The molecule has 0 saturated heterocycles. The van der Waals surface area contributed by atoms with Gasteiger partial charge in [-0.25, -0.2) is 0 Å². The fourth-order valence-corrected chi connectivity index (χ4v) is 0.310. The number of aliphatic hydroxyl groups is 3. The molecule has 0 radical (unpaired) electrons. The molecule has 0 aliphatic heterocycles. The topological polar surface area (TPSA) is 72.7 Å². The van der Waals surface area contributed by atoms with Crippen LogP contribution in [-0.2, 0) is 0 Å². The lowest BCUT2D eigenvalue weighted by Gasteiger charge is -2.02. The molecule has 4 N–H and O–H groups in total. The predicted molar refractivity (Wildman–Crippen MR) is 28.2 cm³/mol. The molecule has 0 fully saturated rings. The largest absolute Gasteiger partial charge is 0.395 e. The van der Waals surface area contributed by atoms with Crippen molar-refractivity contribution >= 4 is 0 Å². The molecule has 0 heterocycles. The summed E-state index contributed by atoms with van der Waals surface area (Å²) in [5.74, 6) is 0. The maximum absolute atomic E-state index is 8.19. The zero-order chi connectivity index (χ0) is 6.41. The van der Waals surface area contributed by atoms with Gasteiger partial charge in [0.15, 0.2) is 6.29 Å². The van der Waals surface area contributed by atoms with Gasteiger partial charge in [0.25, 0.3) is 0 Å². The van der Waals surface area contributed by atoms with E-state index in [1.165, 1.54) is 0 Å². The van der Waals surface area contributed by atoms with Crippen molar-refractivity contribution < 1.29 is 15.3 Å². The molecule has 0 atom stereocenters. The Bertz CT molecular complexity index is 48.5. The Labute approximate surface area is 47.8 Å². The smallest absolute Gasteiger partial charge is 0.164 e. The number of hydrogen-bond donors (Lipinski definition) is 4. The van der Waals surface area contributed by atoms with Gasteiger partial charge in [0, 0.05) is 13.1 Å². The van der Waals surface area contributed by atoms with Crippen molar-refractivity contribution in [3.8, 4) is 0 Å². The summed E-state index contributed by atoms with van der Waals surface area (Å²) in [4.78, 5) is 0. The monoisotopic (exact) mass is 121 g/mol. The first kappa shape index (κ1) is 7.84. The Balaban J connectivity index is 2.72. The van der Waals surface area contributed by atoms with Gasteiger partial charge < -0.3 is 20.6 Å². The van der Waals surface area contributed by atoms with Gasteiger partial charge in [-0.2, -0.15) is 0 Å². The summed E-state index contributed by atoms with van der Waals surface area (Å²) in [5.41, 5.74) is 0. The fourth-order valence-electron chi connectivity index (χ4n) is 0.310. The minimum Gasteiger partial charge on any atom is -0.395 e. The van der Waals surface area contributed by atoms with Crippen LogP contribution in [0.5, 0.6) is 0 Å². The third kappa shape index (κ3) is 5.84. The highest BCUT2D eigenvalue weighted by Crippen LogP contribution is 1.66. The second-order valence-electron chi connectivity index (χ2n) is 1.41. The van der Waals surface area contributed by atoms with Crippen LogP contribution in [0.15, 0.2) is 0 Å². The van der Waals surface area contributed by atoms with E-state index in [1.807, 2.05) is 0 Å². The number of nitrogens with one attached hydrogen (secondary N) is 1. The molecule has 4 nitrogen and oxygen atoms in total. The van der Waals surface area contributed by atoms with Crippen molar-refractivity contribution in [3.63, 3.8) is 0 Å². The SMILES string of the molecule is OCCNCC(O)O. The molecule has 0 saturated carbocycles. The van der Waals surface area contributed by atoms with Gasteiger partial charge in [-0.15, -0.1) is 0 Å². The summed E-state index contributed by atoms with van der Waals surface area (Å²) in [5, 5.41) is 27.1. The quantitative estimate of drug-likeness (QED) is 0.253. The van der Waals surface area contributed by atoms with Crippen molar-refractivity contribution in [1.82, 2.24) is 5.32 Å². The summed E-state index contributed by atoms with van der Waals surface area (Å²) in [6.45, 7) is 0.533. The lowest BCUT2D eigenvalue weighted by Crippen LogP contribution is -2.28. The molecular weight excluding hydrogens is 110 g/mol. The highest BCUT2D eigenvalue weighted by Gasteiger charge is 1.92. The normalized spacial score (nSPS) is 10.5. The second kappa shape index (κ2) is 4.99. The first-order chi connectivity index (χ1) is 3.77. The molecular formula is C4H11NO3. The van der Waals surface area contributed by atoms with Crippen LogP contribution in [0.4, 0.5) is 0 Å². The molecule has 0 aliphatic rings. The Hall–Kier alpha value is -0.160. The first-order valence-corrected chi connectivity index (χ1v) is 2.45. The molecule has 4 heteroatoms. The van der Waals surface area contributed by atoms with Gasteiger partial charge >= 0.3 is 0 Å². The van der Waals surface area contributed by atoms with Crippen molar-refractivity contribution in [3.05, 3.63) is 0 Å². The Morgan fingerprint density at radius 3 is 2.38 bits per heavy atom. The lowest BCUT2D eigenvalue weighted by molar-refractivity contribution is -0.0374. The van der Waals surface area contributed by atoms with E-state index in [-0.39, 0.29) is 13.2 Å². The number of aliphatic hydroxyl groups excluding tert-OH is 2. The highest BCUT2D eigenvalue weighted by molar-refractivity contribution is 4.44. The van der Waals surface area contributed by atoms with E-state index in [2.05, 4.69) is 5.32 Å². The van der Waals surface area contributed by atoms with Crippen LogP contribution in [0, 0.1) is 0 Å². The van der Waals surface area contributed by atoms with E-state index in [0.29, 0.717) is 6.54 Å². The summed E-state index contributed by atoms with van der Waals surface area (Å²) in [7, 11) is 0. The van der Waals surface area contributed by atoms with E-state index in [9.17, 15) is 0 Å². The molecule has 0 amide bonds. The van der Waals surface area contributed by atoms with Crippen molar-refractivity contribution in [2.45, 2.75) is 6.29 Å². The molecule has 0 aromatic carbocycles. The fraction of sp³-hybridized carbons (Fsp3) is 1.00. The third-order valence-electron chi connectivity index (χ3n) is 0.615. The molecule has 0 aromatic heterocycles. The zero-order valence-corrected chi connectivity index (χ0v) is 4.54. The molecule has 0 bridgehead atoms. The summed E-state index contributed by atoms with van der Waals surface area (Å²) in [6.07, 6.45) is -1.32. The van der Waals surface area contributed by atoms with Gasteiger partial charge in [-0.3, -0.25) is 0 Å². The molecule has 50 valence electrons. The van der Waals surface area contributed by atoms with E-state index >= 15 is 0 Å². The van der Waals surface area contributed by atoms with Crippen LogP contribution in [0.3, 0.4) is 0 Å². The molecule has 0 aliphatic carbocycles. The van der Waals surface area contributed by atoms with Crippen LogP contribution in [0.1, 0.15) is 0 Å². The molecule has 0 rings (SSSR count). The Morgan fingerprint density at radius 2 is 2.00 bits per heavy atom. The molecule has 0 unspecified atom stereocenters. The van der Waals surface area contributed by atoms with Crippen LogP contribution in [0.2, 0.25) is 0 Å². The average Bonchev–Trinajstić information content (AvgIpc) is 1.66. The molecule has 0 aromatic rings. The van der Waals surface area contributed by atoms with E-state index in [0.717, 1.165) is 0 Å². The van der Waals surface area contributed by atoms with Gasteiger partial charge in [-0.05, 0) is 0 Å². The van der Waals surface area contributed by atoms with Crippen LogP contribution < -0.4 is 5.32 Å². The van der Waals surface area contributed by atoms with Gasteiger partial charge in [-0.1, -0.05) is 0 Å². The van der Waals surface area contributed by atoms with E-state index in [1.54, 1.807) is 0 Å². The van der Waals surface area contributed by atoms with E-state index < -0.39 is 6.29 Å². The zero-order valence-electron chi connectivity index (χ0n) is 4.54. The number of rotatable bonds is 4. The lowest BCUT2D eigenvalue weighted by atomic mass is 10.6.